The maximum Gasteiger partial charge on any atom is 0.290 e. The smallest absolute Gasteiger partial charge is 0.290 e. The minimum atomic E-state index is -0.250. The van der Waals surface area contributed by atoms with E-state index in [0.29, 0.717) is 0 Å². The number of carboxylic acid groups (broad SMARTS) is 1. The molecule has 0 bridgehead atoms. The summed E-state index contributed by atoms with van der Waals surface area (Å²) in [5, 5.41) is 15.5. The van der Waals surface area contributed by atoms with E-state index in [0.717, 1.165) is 18.4 Å². The third kappa shape index (κ3) is 7.31. The van der Waals surface area contributed by atoms with Gasteiger partial charge in [0.25, 0.3) is 6.47 Å². The highest BCUT2D eigenvalue weighted by atomic mass is 16.3. The Morgan fingerprint density at radius 2 is 1.80 bits per heavy atom. The minimum absolute atomic E-state index is 0.250. The van der Waals surface area contributed by atoms with Crippen LogP contribution in [0.3, 0.4) is 0 Å². The normalized spacial score (nSPS) is 10.1. The second kappa shape index (κ2) is 8.81. The first kappa shape index (κ1) is 13.2. The van der Waals surface area contributed by atoms with Gasteiger partial charge in [-0.1, -0.05) is 30.3 Å². The number of hydrogen-bond acceptors (Lipinski definition) is 2. The number of aryl methyl sites for hydroxylation is 1. The van der Waals surface area contributed by atoms with E-state index in [2.05, 4.69) is 12.1 Å². The fourth-order valence-corrected chi connectivity index (χ4v) is 1.05. The van der Waals surface area contributed by atoms with Crippen molar-refractivity contribution in [3.05, 3.63) is 47.7 Å². The van der Waals surface area contributed by atoms with Crippen LogP contribution in [-0.2, 0) is 11.2 Å². The highest BCUT2D eigenvalue weighted by Gasteiger charge is 1.92. The first-order valence-corrected chi connectivity index (χ1v) is 4.66. The van der Waals surface area contributed by atoms with Gasteiger partial charge in [-0.25, -0.2) is 0 Å². The van der Waals surface area contributed by atoms with Gasteiger partial charge in [0, 0.05) is 0 Å². The van der Waals surface area contributed by atoms with E-state index in [4.69, 9.17) is 15.0 Å². The summed E-state index contributed by atoms with van der Waals surface area (Å²) in [6.45, 7) is 1.68. The standard InChI is InChI=1S/C11H14O.CH2O2/c1-10(9-12)7-8-11-5-3-2-4-6-11;2-1-3/h2-6,9,12H,7-8H2,1H3;1H,(H,2,3). The average molecular weight is 208 g/mol. The van der Waals surface area contributed by atoms with Crippen LogP contribution in [-0.4, -0.2) is 16.7 Å². The Morgan fingerprint density at radius 3 is 2.27 bits per heavy atom. The van der Waals surface area contributed by atoms with Gasteiger partial charge in [-0.2, -0.15) is 0 Å². The number of allylic oxidation sites excluding steroid dienone is 1. The third-order valence-corrected chi connectivity index (χ3v) is 1.87. The van der Waals surface area contributed by atoms with Crippen LogP contribution in [0.25, 0.3) is 0 Å². The van der Waals surface area contributed by atoms with Crippen molar-refractivity contribution < 1.29 is 15.0 Å². The van der Waals surface area contributed by atoms with Crippen LogP contribution < -0.4 is 0 Å². The highest BCUT2D eigenvalue weighted by molar-refractivity contribution is 5.32. The fraction of sp³-hybridized carbons (Fsp3) is 0.250. The molecule has 1 rings (SSSR count). The van der Waals surface area contributed by atoms with Gasteiger partial charge in [0.15, 0.2) is 0 Å². The summed E-state index contributed by atoms with van der Waals surface area (Å²) >= 11 is 0. The van der Waals surface area contributed by atoms with Gasteiger partial charge in [-0.3, -0.25) is 4.79 Å². The van der Waals surface area contributed by atoms with Crippen LogP contribution in [0, 0.1) is 0 Å². The molecular weight excluding hydrogens is 192 g/mol. The van der Waals surface area contributed by atoms with Gasteiger partial charge in [-0.05, 0) is 30.9 Å². The maximum atomic E-state index is 8.65. The van der Waals surface area contributed by atoms with Crippen LogP contribution in [0.15, 0.2) is 42.2 Å². The first-order chi connectivity index (χ1) is 7.24. The molecule has 82 valence electrons. The molecule has 0 aliphatic carbocycles. The number of benzene rings is 1. The summed E-state index contributed by atoms with van der Waals surface area (Å²) in [6.07, 6.45) is 3.12. The third-order valence-electron chi connectivity index (χ3n) is 1.87. The van der Waals surface area contributed by atoms with Crippen molar-refractivity contribution in [3.8, 4) is 0 Å². The molecule has 3 nitrogen and oxygen atoms in total. The second-order valence-corrected chi connectivity index (χ2v) is 3.07. The Labute approximate surface area is 89.7 Å². The maximum absolute atomic E-state index is 8.65. The van der Waals surface area contributed by atoms with E-state index in [1.807, 2.05) is 25.1 Å². The lowest BCUT2D eigenvalue weighted by Gasteiger charge is -1.99. The molecule has 2 N–H and O–H groups in total. The van der Waals surface area contributed by atoms with Crippen molar-refractivity contribution in [2.75, 3.05) is 0 Å². The van der Waals surface area contributed by atoms with Crippen molar-refractivity contribution in [2.45, 2.75) is 19.8 Å². The molecule has 0 amide bonds. The van der Waals surface area contributed by atoms with Crippen molar-refractivity contribution in [3.63, 3.8) is 0 Å². The number of aliphatic hydroxyl groups is 1. The molecule has 0 aliphatic rings. The fourth-order valence-electron chi connectivity index (χ4n) is 1.05. The lowest BCUT2D eigenvalue weighted by atomic mass is 10.1. The lowest BCUT2D eigenvalue weighted by Crippen LogP contribution is -1.85. The van der Waals surface area contributed by atoms with Gasteiger partial charge < -0.3 is 10.2 Å². The predicted molar refractivity (Wildman–Crippen MR) is 59.8 cm³/mol. The molecule has 0 fully saturated rings. The molecule has 1 aromatic carbocycles. The SMILES string of the molecule is CC(=CO)CCc1ccccc1.O=CO. The Kier molecular flexibility index (Phi) is 7.77. The van der Waals surface area contributed by atoms with E-state index in [1.165, 1.54) is 11.8 Å². The first-order valence-electron chi connectivity index (χ1n) is 4.66. The molecule has 0 spiro atoms. The molecule has 15 heavy (non-hydrogen) atoms. The van der Waals surface area contributed by atoms with E-state index in [1.54, 1.807) is 0 Å². The van der Waals surface area contributed by atoms with E-state index in [-0.39, 0.29) is 6.47 Å². The summed E-state index contributed by atoms with van der Waals surface area (Å²) < 4.78 is 0. The zero-order chi connectivity index (χ0) is 11.5. The van der Waals surface area contributed by atoms with E-state index < -0.39 is 0 Å². The quantitative estimate of drug-likeness (QED) is 0.593. The lowest BCUT2D eigenvalue weighted by molar-refractivity contribution is -0.122. The Morgan fingerprint density at radius 1 is 1.27 bits per heavy atom. The summed E-state index contributed by atoms with van der Waals surface area (Å²) in [5.41, 5.74) is 2.34. The van der Waals surface area contributed by atoms with Crippen molar-refractivity contribution in [2.24, 2.45) is 0 Å². The highest BCUT2D eigenvalue weighted by Crippen LogP contribution is 2.07. The molecule has 0 aliphatic heterocycles. The molecule has 0 radical (unpaired) electrons. The molecule has 0 unspecified atom stereocenters. The van der Waals surface area contributed by atoms with Crippen LogP contribution in [0.4, 0.5) is 0 Å². The number of hydrogen-bond donors (Lipinski definition) is 2. The number of carbonyl (C=O) groups is 1. The molecule has 3 heteroatoms. The van der Waals surface area contributed by atoms with E-state index in [9.17, 15) is 0 Å². The van der Waals surface area contributed by atoms with Crippen molar-refractivity contribution >= 4 is 6.47 Å². The molecule has 0 aromatic heterocycles. The van der Waals surface area contributed by atoms with E-state index >= 15 is 0 Å². The Balaban J connectivity index is 0.000000583. The Hall–Kier alpha value is -1.77. The predicted octanol–water partition coefficient (Wildman–Crippen LogP) is 2.78. The zero-order valence-electron chi connectivity index (χ0n) is 8.76. The number of aliphatic hydroxyl groups excluding tert-OH is 1. The van der Waals surface area contributed by atoms with Crippen LogP contribution in [0.1, 0.15) is 18.9 Å². The molecule has 0 saturated carbocycles. The molecular formula is C12H16O3. The molecule has 0 saturated heterocycles. The van der Waals surface area contributed by atoms with Crippen LogP contribution >= 0.6 is 0 Å². The zero-order valence-corrected chi connectivity index (χ0v) is 8.76. The second-order valence-electron chi connectivity index (χ2n) is 3.07. The van der Waals surface area contributed by atoms with Crippen molar-refractivity contribution in [1.82, 2.24) is 0 Å². The summed E-state index contributed by atoms with van der Waals surface area (Å²) in [5.74, 6) is 0. The number of rotatable bonds is 3. The largest absolute Gasteiger partial charge is 0.516 e. The average Bonchev–Trinajstić information content (AvgIpc) is 2.28. The minimum Gasteiger partial charge on any atom is -0.516 e. The van der Waals surface area contributed by atoms with Crippen molar-refractivity contribution in [1.29, 1.82) is 0 Å². The molecule has 0 heterocycles. The van der Waals surface area contributed by atoms with Gasteiger partial charge in [0.05, 0.1) is 6.26 Å². The van der Waals surface area contributed by atoms with Gasteiger partial charge >= 0.3 is 0 Å². The Bertz CT molecular complexity index is 291. The molecule has 1 aromatic rings. The van der Waals surface area contributed by atoms with Gasteiger partial charge in [0.2, 0.25) is 0 Å². The topological polar surface area (TPSA) is 57.5 Å². The summed E-state index contributed by atoms with van der Waals surface area (Å²) in [4.78, 5) is 8.36. The van der Waals surface area contributed by atoms with Gasteiger partial charge in [0.1, 0.15) is 0 Å². The van der Waals surface area contributed by atoms with Crippen LogP contribution in [0.2, 0.25) is 0 Å². The van der Waals surface area contributed by atoms with Crippen LogP contribution in [0.5, 0.6) is 0 Å². The molecule has 0 atom stereocenters. The summed E-state index contributed by atoms with van der Waals surface area (Å²) in [7, 11) is 0. The monoisotopic (exact) mass is 208 g/mol. The summed E-state index contributed by atoms with van der Waals surface area (Å²) in [6, 6.07) is 10.3. The van der Waals surface area contributed by atoms with Gasteiger partial charge in [-0.15, -0.1) is 0 Å².